The Bertz CT molecular complexity index is 1250. The largest absolute Gasteiger partial charge is 0.363 e. The average Bonchev–Trinajstić information content (AvgIpc) is 2.82. The van der Waals surface area contributed by atoms with E-state index in [1.807, 2.05) is 0 Å². The molecule has 1 N–H and O–H groups in total. The van der Waals surface area contributed by atoms with E-state index in [1.54, 1.807) is 20.0 Å². The molecule has 1 aliphatic rings. The Morgan fingerprint density at radius 2 is 1.80 bits per heavy atom. The average molecular weight is 492 g/mol. The van der Waals surface area contributed by atoms with Crippen LogP contribution in [0.25, 0.3) is 11.0 Å². The normalized spacial score (nSPS) is 17.1. The molecule has 4 rings (SSSR count). The molecule has 3 aromatic rings. The van der Waals surface area contributed by atoms with Gasteiger partial charge in [0.1, 0.15) is 29.8 Å². The fourth-order valence-corrected chi connectivity index (χ4v) is 4.84. The van der Waals surface area contributed by atoms with Gasteiger partial charge in [-0.2, -0.15) is 0 Å². The van der Waals surface area contributed by atoms with E-state index in [0.29, 0.717) is 42.0 Å². The van der Waals surface area contributed by atoms with Crippen molar-refractivity contribution in [3.8, 4) is 0 Å². The van der Waals surface area contributed by atoms with Gasteiger partial charge < -0.3 is 10.2 Å². The summed E-state index contributed by atoms with van der Waals surface area (Å²) in [6, 6.07) is 5.02. The topological polar surface area (TPSA) is 63.0 Å². The molecule has 0 spiro atoms. The zero-order valence-electron chi connectivity index (χ0n) is 19.9. The molecule has 35 heavy (non-hydrogen) atoms. The SMILES string of the molecule is CC(F)CN1CCC(c2cc3c(N[C@H](C)c4cccc(C(F)F)c4F)ncnc3n(C)c2=O)CC1. The van der Waals surface area contributed by atoms with Crippen molar-refractivity contribution in [2.75, 3.05) is 25.0 Å². The molecule has 10 heteroatoms. The molecular weight excluding hydrogens is 462 g/mol. The van der Waals surface area contributed by atoms with Crippen LogP contribution < -0.4 is 10.9 Å². The van der Waals surface area contributed by atoms with Gasteiger partial charge in [0.05, 0.1) is 17.0 Å². The molecule has 2 aromatic heterocycles. The van der Waals surface area contributed by atoms with Gasteiger partial charge in [0.25, 0.3) is 12.0 Å². The van der Waals surface area contributed by atoms with Crippen LogP contribution in [-0.2, 0) is 7.05 Å². The van der Waals surface area contributed by atoms with E-state index in [2.05, 4.69) is 20.2 Å². The van der Waals surface area contributed by atoms with Gasteiger partial charge in [0.15, 0.2) is 0 Å². The second kappa shape index (κ2) is 10.3. The number of anilines is 1. The lowest BCUT2D eigenvalue weighted by Gasteiger charge is -2.32. The number of pyridine rings is 1. The van der Waals surface area contributed by atoms with Crippen LogP contribution in [0.5, 0.6) is 0 Å². The van der Waals surface area contributed by atoms with Crippen molar-refractivity contribution in [2.24, 2.45) is 7.05 Å². The second-order valence-electron chi connectivity index (χ2n) is 9.20. The Morgan fingerprint density at radius 1 is 1.11 bits per heavy atom. The summed E-state index contributed by atoms with van der Waals surface area (Å²) < 4.78 is 55.9. The molecule has 1 fully saturated rings. The molecule has 1 aliphatic heterocycles. The van der Waals surface area contributed by atoms with Gasteiger partial charge in [0.2, 0.25) is 0 Å². The number of piperidine rings is 1. The van der Waals surface area contributed by atoms with E-state index in [1.165, 1.54) is 30.0 Å². The number of benzene rings is 1. The Morgan fingerprint density at radius 3 is 2.46 bits per heavy atom. The lowest BCUT2D eigenvalue weighted by atomic mass is 9.89. The van der Waals surface area contributed by atoms with E-state index < -0.39 is 30.0 Å². The number of nitrogens with zero attached hydrogens (tertiary/aromatic N) is 4. The molecule has 0 radical (unpaired) electrons. The summed E-state index contributed by atoms with van der Waals surface area (Å²) in [5, 5.41) is 3.70. The number of rotatable bonds is 7. The predicted octanol–water partition coefficient (Wildman–Crippen LogP) is 5.12. The van der Waals surface area contributed by atoms with E-state index in [9.17, 15) is 22.4 Å². The number of hydrogen-bond donors (Lipinski definition) is 1. The van der Waals surface area contributed by atoms with Gasteiger partial charge in [-0.05, 0) is 51.8 Å². The van der Waals surface area contributed by atoms with Crippen molar-refractivity contribution in [1.82, 2.24) is 19.4 Å². The predicted molar refractivity (Wildman–Crippen MR) is 127 cm³/mol. The maximum Gasteiger partial charge on any atom is 0.266 e. The van der Waals surface area contributed by atoms with Crippen molar-refractivity contribution in [3.63, 3.8) is 0 Å². The summed E-state index contributed by atoms with van der Waals surface area (Å²) in [4.78, 5) is 23.8. The summed E-state index contributed by atoms with van der Waals surface area (Å²) in [6.45, 7) is 4.98. The lowest BCUT2D eigenvalue weighted by molar-refractivity contribution is 0.146. The van der Waals surface area contributed by atoms with Crippen molar-refractivity contribution in [3.05, 3.63) is 63.5 Å². The Kier molecular flexibility index (Phi) is 7.39. The number of nitrogens with one attached hydrogen (secondary N) is 1. The highest BCUT2D eigenvalue weighted by Crippen LogP contribution is 2.32. The number of hydrogen-bond acceptors (Lipinski definition) is 5. The van der Waals surface area contributed by atoms with Crippen LogP contribution in [0.2, 0.25) is 0 Å². The first kappa shape index (κ1) is 25.1. The Labute approximate surface area is 201 Å². The second-order valence-corrected chi connectivity index (χ2v) is 9.20. The third kappa shape index (κ3) is 5.17. The summed E-state index contributed by atoms with van der Waals surface area (Å²) in [5.41, 5.74) is 0.331. The smallest absolute Gasteiger partial charge is 0.266 e. The monoisotopic (exact) mass is 491 g/mol. The minimum absolute atomic E-state index is 0.00918. The first-order chi connectivity index (χ1) is 16.7. The van der Waals surface area contributed by atoms with Crippen molar-refractivity contribution in [1.29, 1.82) is 0 Å². The minimum Gasteiger partial charge on any atom is -0.363 e. The van der Waals surface area contributed by atoms with Crippen molar-refractivity contribution in [2.45, 2.75) is 51.2 Å². The first-order valence-corrected chi connectivity index (χ1v) is 11.7. The van der Waals surface area contributed by atoms with Crippen molar-refractivity contribution < 1.29 is 17.6 Å². The van der Waals surface area contributed by atoms with E-state index in [0.717, 1.165) is 18.9 Å². The zero-order chi connectivity index (χ0) is 25.3. The van der Waals surface area contributed by atoms with E-state index in [4.69, 9.17) is 0 Å². The van der Waals surface area contributed by atoms with Crippen LogP contribution in [0.4, 0.5) is 23.4 Å². The van der Waals surface area contributed by atoms with E-state index in [-0.39, 0.29) is 17.0 Å². The highest BCUT2D eigenvalue weighted by Gasteiger charge is 2.26. The van der Waals surface area contributed by atoms with Crippen LogP contribution in [0, 0.1) is 5.82 Å². The quantitative estimate of drug-likeness (QED) is 0.465. The van der Waals surface area contributed by atoms with Crippen LogP contribution in [-0.4, -0.2) is 45.2 Å². The van der Waals surface area contributed by atoms with Gasteiger partial charge >= 0.3 is 0 Å². The van der Waals surface area contributed by atoms with E-state index >= 15 is 0 Å². The molecule has 2 atom stereocenters. The van der Waals surface area contributed by atoms with Crippen LogP contribution >= 0.6 is 0 Å². The third-order valence-electron chi connectivity index (χ3n) is 6.68. The molecule has 1 saturated heterocycles. The summed E-state index contributed by atoms with van der Waals surface area (Å²) in [6.07, 6.45) is -1.06. The minimum atomic E-state index is -2.92. The summed E-state index contributed by atoms with van der Waals surface area (Å²) >= 11 is 0. The van der Waals surface area contributed by atoms with Crippen molar-refractivity contribution >= 4 is 16.9 Å². The lowest BCUT2D eigenvalue weighted by Crippen LogP contribution is -2.38. The summed E-state index contributed by atoms with van der Waals surface area (Å²) in [5.74, 6) is -0.567. The summed E-state index contributed by atoms with van der Waals surface area (Å²) in [7, 11) is 1.64. The molecule has 6 nitrogen and oxygen atoms in total. The molecule has 0 amide bonds. The Balaban J connectivity index is 1.66. The molecule has 0 aliphatic carbocycles. The molecule has 3 heterocycles. The number of aromatic nitrogens is 3. The first-order valence-electron chi connectivity index (χ1n) is 11.7. The Hall–Kier alpha value is -3.01. The molecule has 1 unspecified atom stereocenters. The van der Waals surface area contributed by atoms with Crippen LogP contribution in [0.3, 0.4) is 0 Å². The number of fused-ring (bicyclic) bond motifs is 1. The number of aryl methyl sites for hydroxylation is 1. The fraction of sp³-hybridized carbons (Fsp3) is 0.480. The number of likely N-dealkylation sites (tertiary alicyclic amines) is 1. The standard InChI is InChI=1S/C25H29F4N5O/c1-14(26)12-34-9-7-16(8-10-34)19-11-20-23(30-13-31-24(20)33(3)25(19)35)32-15(2)17-5-4-6-18(21(17)27)22(28)29/h4-6,11,13-16,22H,7-10,12H2,1-3H3,(H,30,31,32)/t14?,15-/m1/s1. The molecule has 0 saturated carbocycles. The molecule has 0 bridgehead atoms. The van der Waals surface area contributed by atoms with Gasteiger partial charge in [-0.1, -0.05) is 18.2 Å². The van der Waals surface area contributed by atoms with Gasteiger partial charge in [0, 0.05) is 24.7 Å². The van der Waals surface area contributed by atoms with Crippen LogP contribution in [0.1, 0.15) is 61.8 Å². The zero-order valence-corrected chi connectivity index (χ0v) is 19.9. The fourth-order valence-electron chi connectivity index (χ4n) is 4.84. The number of alkyl halides is 3. The molecular formula is C25H29F4N5O. The number of halogens is 4. The van der Waals surface area contributed by atoms with Gasteiger partial charge in [-0.25, -0.2) is 27.5 Å². The van der Waals surface area contributed by atoms with Crippen LogP contribution in [0.15, 0.2) is 35.4 Å². The highest BCUT2D eigenvalue weighted by molar-refractivity contribution is 5.87. The molecule has 188 valence electrons. The molecule has 1 aromatic carbocycles. The maximum atomic E-state index is 14.7. The van der Waals surface area contributed by atoms with Gasteiger partial charge in [-0.15, -0.1) is 0 Å². The third-order valence-corrected chi connectivity index (χ3v) is 6.68. The maximum absolute atomic E-state index is 14.7. The highest BCUT2D eigenvalue weighted by atomic mass is 19.3. The van der Waals surface area contributed by atoms with Gasteiger partial charge in [-0.3, -0.25) is 9.36 Å².